The second-order valence-corrected chi connectivity index (χ2v) is 19.0. The Morgan fingerprint density at radius 3 is 2.04 bits per heavy atom. The van der Waals surface area contributed by atoms with Crippen LogP contribution in [0.3, 0.4) is 0 Å². The van der Waals surface area contributed by atoms with Crippen LogP contribution < -0.4 is 70.6 Å². The molecule has 2 aliphatic heterocycles. The quantitative estimate of drug-likeness (QED) is 0.00448. The minimum absolute atomic E-state index is 0.0400. The van der Waals surface area contributed by atoms with Gasteiger partial charge in [-0.25, -0.2) is 0 Å². The van der Waals surface area contributed by atoms with Gasteiger partial charge in [-0.05, 0) is 50.5 Å². The van der Waals surface area contributed by atoms with E-state index in [0.717, 1.165) is 0 Å². The number of carbonyl (C=O) groups excluding carboxylic acids is 12. The van der Waals surface area contributed by atoms with Gasteiger partial charge in [-0.15, -0.1) is 0 Å². The lowest BCUT2D eigenvalue weighted by molar-refractivity contribution is -0.143. The van der Waals surface area contributed by atoms with Crippen LogP contribution in [0, 0.1) is 5.92 Å². The second kappa shape index (κ2) is 34.9. The van der Waals surface area contributed by atoms with E-state index in [4.69, 9.17) is 22.8 Å². The van der Waals surface area contributed by atoms with Crippen LogP contribution in [-0.4, -0.2) is 199 Å². The van der Waals surface area contributed by atoms with Crippen LogP contribution in [0.15, 0.2) is 5.11 Å². The zero-order valence-corrected chi connectivity index (χ0v) is 41.7. The van der Waals surface area contributed by atoms with E-state index in [-0.39, 0.29) is 57.6 Å². The average Bonchev–Trinajstić information content (AvgIpc) is 3.87. The monoisotopic (exact) mass is 1070 g/mol. The van der Waals surface area contributed by atoms with Gasteiger partial charge in [0.15, 0.2) is 5.78 Å². The highest BCUT2D eigenvalue weighted by Gasteiger charge is 2.41. The predicted octanol–water partition coefficient (Wildman–Crippen LogP) is -7.62. The van der Waals surface area contributed by atoms with Crippen LogP contribution in [0.25, 0.3) is 10.4 Å². The number of Topliss-reactive ketones (excluding diaryl/α,β-unsaturated/α-hetero) is 1. The summed E-state index contributed by atoms with van der Waals surface area (Å²) in [5, 5.41) is 44.4. The standard InChI is InChI=1S/C40H67N17O14S2/c41-23(5-1-2-11-51-56-44)36(67)49-17-32(63)47-15-30(61)46-16-31(62)48-18-33(64)52-26(20-59)38(69)53-24(8-9-29(42)60)37(68)54-25(6-3-10-50-43)40(71)57-13-4-7-28(57)39(70)55-27-21-73-72-14-12-45-35(66)22(19-58)34(27)65/h22-28,50,58-59H,1-21,41,43H2,(H2,42,60)(H,45,66)(H,46,61)(H,47,63)(H,48,62)(H,49,67)(H,52,64)(H,53,69)(H,54,68)(H,55,70)/t22?,23-,24-,25-,26-,27-,28-/m0/s1. The molecule has 0 aliphatic carbocycles. The number of azide groups is 1. The first kappa shape index (κ1) is 62.8. The Balaban J connectivity index is 2.00. The lowest BCUT2D eigenvalue weighted by Gasteiger charge is -2.31. The molecule has 408 valence electrons. The van der Waals surface area contributed by atoms with Gasteiger partial charge in [0.05, 0.1) is 51.5 Å². The summed E-state index contributed by atoms with van der Waals surface area (Å²) in [5.41, 5.74) is 21.8. The topological polar surface area (TPSA) is 496 Å². The smallest absolute Gasteiger partial charge is 0.245 e. The van der Waals surface area contributed by atoms with E-state index in [1.807, 2.05) is 0 Å². The van der Waals surface area contributed by atoms with Crippen molar-refractivity contribution >= 4 is 92.4 Å². The first-order valence-corrected chi connectivity index (χ1v) is 25.7. The molecule has 2 heterocycles. The Hall–Kier alpha value is -6.35. The maximum Gasteiger partial charge on any atom is 0.245 e. The highest BCUT2D eigenvalue weighted by molar-refractivity contribution is 8.76. The van der Waals surface area contributed by atoms with Gasteiger partial charge < -0.3 is 74.4 Å². The van der Waals surface area contributed by atoms with Gasteiger partial charge in [0.25, 0.3) is 0 Å². The number of unbranched alkanes of at least 4 members (excludes halogenated alkanes) is 1. The lowest BCUT2D eigenvalue weighted by atomic mass is 9.98. The number of ketones is 1. The fourth-order valence-electron chi connectivity index (χ4n) is 6.98. The molecule has 2 aliphatic rings. The fraction of sp³-hybridized carbons (Fsp3) is 0.700. The summed E-state index contributed by atoms with van der Waals surface area (Å²) in [6.45, 7) is -3.52. The number of aliphatic hydroxyl groups is 2. The molecule has 11 amide bonds. The fourth-order valence-corrected chi connectivity index (χ4v) is 9.06. The molecule has 0 spiro atoms. The van der Waals surface area contributed by atoms with Crippen LogP contribution in [0.1, 0.15) is 57.8 Å². The number of nitrogens with two attached hydrogens (primary N) is 3. The second-order valence-electron chi connectivity index (χ2n) is 16.4. The van der Waals surface area contributed by atoms with Gasteiger partial charge in [-0.2, -0.15) is 0 Å². The molecule has 33 heteroatoms. The van der Waals surface area contributed by atoms with Crippen LogP contribution in [0.4, 0.5) is 0 Å². The molecule has 0 aromatic heterocycles. The van der Waals surface area contributed by atoms with Crippen molar-refractivity contribution in [2.75, 3.05) is 77.1 Å². The molecule has 0 saturated carbocycles. The highest BCUT2D eigenvalue weighted by atomic mass is 33.1. The number of nitrogens with zero attached hydrogens (tertiary/aromatic N) is 4. The summed E-state index contributed by atoms with van der Waals surface area (Å²) in [6, 6.07) is -7.85. The predicted molar refractivity (Wildman–Crippen MR) is 261 cm³/mol. The van der Waals surface area contributed by atoms with Crippen LogP contribution >= 0.6 is 21.6 Å². The largest absolute Gasteiger partial charge is 0.395 e. The molecule has 0 radical (unpaired) electrons. The van der Waals surface area contributed by atoms with Crippen molar-refractivity contribution in [3.63, 3.8) is 0 Å². The number of aliphatic hydroxyl groups excluding tert-OH is 2. The van der Waals surface area contributed by atoms with E-state index in [0.29, 0.717) is 25.0 Å². The van der Waals surface area contributed by atoms with Gasteiger partial charge in [0.1, 0.15) is 30.1 Å². The molecule has 31 nitrogen and oxygen atoms in total. The number of nitrogens with one attached hydrogen (secondary N) is 10. The minimum atomic E-state index is -1.72. The molecule has 18 N–H and O–H groups in total. The SMILES string of the molecule is [N-]=[N+]=NCCCC[C@H](N)C(=O)NCC(=O)NCC(=O)NCC(=O)NCC(=O)N[C@@H](CO)C(=O)N[C@@H](CCC(N)=O)C(=O)N[C@@H](CCCNN)C(=O)N1CCC[C@H]1C(=O)N[C@H]1CSSCCNC(=O)C(CO)C1=O. The van der Waals surface area contributed by atoms with Gasteiger partial charge in [-0.3, -0.25) is 68.8 Å². The summed E-state index contributed by atoms with van der Waals surface area (Å²) in [5.74, 6) is -5.25. The normalized spacial score (nSPS) is 18.4. The minimum Gasteiger partial charge on any atom is -0.395 e. The van der Waals surface area contributed by atoms with Gasteiger partial charge >= 0.3 is 0 Å². The average molecular weight is 1070 g/mol. The highest BCUT2D eigenvalue weighted by Crippen LogP contribution is 2.25. The van der Waals surface area contributed by atoms with Gasteiger partial charge in [-0.1, -0.05) is 33.1 Å². The molecule has 2 fully saturated rings. The maximum absolute atomic E-state index is 14.2. The molecular formula is C40H67N17O14S2. The van der Waals surface area contributed by atoms with Crippen LogP contribution in [0.5, 0.6) is 0 Å². The van der Waals surface area contributed by atoms with E-state index in [1.165, 1.54) is 26.5 Å². The summed E-state index contributed by atoms with van der Waals surface area (Å²) < 4.78 is 0. The molecule has 0 bridgehead atoms. The number of rotatable bonds is 31. The van der Waals surface area contributed by atoms with Crippen LogP contribution in [0.2, 0.25) is 0 Å². The Bertz CT molecular complexity index is 2000. The van der Waals surface area contributed by atoms with Crippen molar-refractivity contribution in [2.45, 2.75) is 94.0 Å². The van der Waals surface area contributed by atoms with Crippen molar-refractivity contribution in [1.82, 2.24) is 58.2 Å². The molecular weight excluding hydrogens is 1010 g/mol. The van der Waals surface area contributed by atoms with Gasteiger partial charge in [0, 0.05) is 49.0 Å². The van der Waals surface area contributed by atoms with E-state index < -0.39 is 165 Å². The summed E-state index contributed by atoms with van der Waals surface area (Å²) >= 11 is 0. The van der Waals surface area contributed by atoms with Crippen molar-refractivity contribution in [1.29, 1.82) is 0 Å². The summed E-state index contributed by atoms with van der Waals surface area (Å²) in [4.78, 5) is 158. The molecule has 73 heavy (non-hydrogen) atoms. The zero-order chi connectivity index (χ0) is 54.3. The number of hydrogen-bond donors (Lipinski definition) is 15. The number of primary amides is 1. The number of amides is 11. The van der Waals surface area contributed by atoms with E-state index in [1.54, 1.807) is 0 Å². The lowest BCUT2D eigenvalue weighted by Crippen LogP contribution is -2.59. The molecule has 2 rings (SSSR count). The molecule has 7 atom stereocenters. The number of likely N-dealkylation sites (tertiary alicyclic amines) is 1. The third-order valence-electron chi connectivity index (χ3n) is 10.9. The van der Waals surface area contributed by atoms with Crippen molar-refractivity contribution in [2.24, 2.45) is 28.3 Å². The number of carbonyl (C=O) groups is 12. The summed E-state index contributed by atoms with van der Waals surface area (Å²) in [7, 11) is 2.65. The molecule has 0 aromatic rings. The Morgan fingerprint density at radius 2 is 1.42 bits per heavy atom. The molecule has 0 aromatic carbocycles. The third-order valence-corrected chi connectivity index (χ3v) is 13.3. The van der Waals surface area contributed by atoms with Gasteiger partial charge in [0.2, 0.25) is 65.0 Å². The Labute approximate surface area is 427 Å². The maximum atomic E-state index is 14.2. The summed E-state index contributed by atoms with van der Waals surface area (Å²) in [6.07, 6.45) is 1.17. The van der Waals surface area contributed by atoms with E-state index >= 15 is 0 Å². The van der Waals surface area contributed by atoms with Crippen molar-refractivity contribution in [3.8, 4) is 0 Å². The number of hydrazine groups is 1. The molecule has 1 unspecified atom stereocenters. The first-order valence-electron chi connectivity index (χ1n) is 23.2. The molecule has 2 saturated heterocycles. The van der Waals surface area contributed by atoms with Crippen LogP contribution in [-0.2, 0) is 57.5 Å². The third kappa shape index (κ3) is 23.8. The first-order chi connectivity index (χ1) is 34.9. The zero-order valence-electron chi connectivity index (χ0n) is 40.0. The van der Waals surface area contributed by atoms with E-state index in [9.17, 15) is 67.7 Å². The van der Waals surface area contributed by atoms with E-state index in [2.05, 4.69) is 63.3 Å². The van der Waals surface area contributed by atoms with Crippen molar-refractivity contribution in [3.05, 3.63) is 10.4 Å². The Kier molecular flexibility index (Phi) is 30.0. The Morgan fingerprint density at radius 1 is 0.795 bits per heavy atom. The van der Waals surface area contributed by atoms with Crippen molar-refractivity contribution < 1.29 is 67.7 Å². The number of hydrogen-bond acceptors (Lipinski definition) is 20.